The van der Waals surface area contributed by atoms with E-state index in [0.29, 0.717) is 6.10 Å². The van der Waals surface area contributed by atoms with Crippen LogP contribution in [0.15, 0.2) is 12.4 Å². The Kier molecular flexibility index (Phi) is 4.35. The molecule has 3 rings (SSSR count). The Hall–Kier alpha value is -1.07. The predicted octanol–water partition coefficient (Wildman–Crippen LogP) is 1.90. The topological polar surface area (TPSA) is 48.3 Å². The molecule has 2 fully saturated rings. The van der Waals surface area contributed by atoms with Gasteiger partial charge in [-0.3, -0.25) is 4.68 Å². The van der Waals surface area contributed by atoms with Gasteiger partial charge in [-0.25, -0.2) is 0 Å². The largest absolute Gasteiger partial charge is 0.382 e. The van der Waals surface area contributed by atoms with Crippen LogP contribution in [-0.4, -0.2) is 42.2 Å². The number of aromatic nitrogens is 2. The van der Waals surface area contributed by atoms with E-state index >= 15 is 0 Å². The highest BCUT2D eigenvalue weighted by Crippen LogP contribution is 2.17. The molecule has 2 saturated heterocycles. The van der Waals surface area contributed by atoms with E-state index in [-0.39, 0.29) is 0 Å². The van der Waals surface area contributed by atoms with Crippen LogP contribution in [-0.2, 0) is 16.0 Å². The van der Waals surface area contributed by atoms with Gasteiger partial charge in [0, 0.05) is 32.6 Å². The van der Waals surface area contributed by atoms with E-state index < -0.39 is 0 Å². The first kappa shape index (κ1) is 12.9. The van der Waals surface area contributed by atoms with Crippen molar-refractivity contribution in [1.82, 2.24) is 9.78 Å². The number of anilines is 1. The Bertz CT molecular complexity index is 382. The molecule has 1 aromatic heterocycles. The van der Waals surface area contributed by atoms with Crippen LogP contribution in [0.5, 0.6) is 0 Å². The van der Waals surface area contributed by atoms with Gasteiger partial charge >= 0.3 is 0 Å². The van der Waals surface area contributed by atoms with Crippen molar-refractivity contribution in [3.8, 4) is 0 Å². The minimum Gasteiger partial charge on any atom is -0.382 e. The molecule has 2 aliphatic heterocycles. The lowest BCUT2D eigenvalue weighted by Crippen LogP contribution is -2.22. The second-order valence-electron chi connectivity index (χ2n) is 5.52. The van der Waals surface area contributed by atoms with E-state index in [1.54, 1.807) is 0 Å². The van der Waals surface area contributed by atoms with Crippen molar-refractivity contribution in [3.05, 3.63) is 12.4 Å². The van der Waals surface area contributed by atoms with Crippen LogP contribution in [0, 0.1) is 5.92 Å². The highest BCUT2D eigenvalue weighted by atomic mass is 16.5. The molecule has 0 aliphatic carbocycles. The number of hydrogen-bond donors (Lipinski definition) is 1. The predicted molar refractivity (Wildman–Crippen MR) is 73.2 cm³/mol. The number of nitrogens with one attached hydrogen (secondary N) is 1. The zero-order valence-corrected chi connectivity index (χ0v) is 11.4. The minimum absolute atomic E-state index is 0.350. The molecule has 0 amide bonds. The molecule has 2 aliphatic rings. The van der Waals surface area contributed by atoms with Crippen molar-refractivity contribution >= 4 is 5.69 Å². The fourth-order valence-electron chi connectivity index (χ4n) is 2.76. The van der Waals surface area contributed by atoms with Crippen LogP contribution in [0.2, 0.25) is 0 Å². The van der Waals surface area contributed by atoms with E-state index in [4.69, 9.17) is 9.47 Å². The number of nitrogens with zero attached hydrogens (tertiary/aromatic N) is 2. The van der Waals surface area contributed by atoms with Crippen molar-refractivity contribution in [1.29, 1.82) is 0 Å². The first-order valence-electron chi connectivity index (χ1n) is 7.36. The normalized spacial score (nSPS) is 24.7. The van der Waals surface area contributed by atoms with E-state index in [9.17, 15) is 0 Å². The van der Waals surface area contributed by atoms with Gasteiger partial charge in [0.15, 0.2) is 0 Å². The zero-order chi connectivity index (χ0) is 12.9. The quantitative estimate of drug-likeness (QED) is 0.883. The van der Waals surface area contributed by atoms with Crippen molar-refractivity contribution in [2.75, 3.05) is 31.7 Å². The van der Waals surface area contributed by atoms with Gasteiger partial charge < -0.3 is 14.8 Å². The Balaban J connectivity index is 1.44. The molecule has 1 atom stereocenters. The summed E-state index contributed by atoms with van der Waals surface area (Å²) in [5, 5.41) is 7.87. The lowest BCUT2D eigenvalue weighted by molar-refractivity contribution is 0.0699. The van der Waals surface area contributed by atoms with Crippen LogP contribution >= 0.6 is 0 Å². The Morgan fingerprint density at radius 2 is 2.16 bits per heavy atom. The van der Waals surface area contributed by atoms with Crippen molar-refractivity contribution < 1.29 is 9.47 Å². The van der Waals surface area contributed by atoms with Gasteiger partial charge in [-0.15, -0.1) is 0 Å². The highest BCUT2D eigenvalue weighted by molar-refractivity contribution is 5.38. The SMILES string of the molecule is c1nn(CC2CCCO2)cc1NCC1CCOCC1. The second kappa shape index (κ2) is 6.39. The van der Waals surface area contributed by atoms with E-state index in [1.807, 2.05) is 10.9 Å². The molecular formula is C14H23N3O2. The van der Waals surface area contributed by atoms with E-state index in [0.717, 1.165) is 63.8 Å². The molecule has 0 bridgehead atoms. The molecule has 5 heteroatoms. The zero-order valence-electron chi connectivity index (χ0n) is 11.4. The fraction of sp³-hybridized carbons (Fsp3) is 0.786. The summed E-state index contributed by atoms with van der Waals surface area (Å²) in [5.41, 5.74) is 1.12. The lowest BCUT2D eigenvalue weighted by Gasteiger charge is -2.22. The minimum atomic E-state index is 0.350. The Morgan fingerprint density at radius 1 is 1.26 bits per heavy atom. The highest BCUT2D eigenvalue weighted by Gasteiger charge is 2.17. The Morgan fingerprint density at radius 3 is 2.95 bits per heavy atom. The third-order valence-corrected chi connectivity index (χ3v) is 3.98. The summed E-state index contributed by atoms with van der Waals surface area (Å²) in [6, 6.07) is 0. The summed E-state index contributed by atoms with van der Waals surface area (Å²) in [5.74, 6) is 0.732. The summed E-state index contributed by atoms with van der Waals surface area (Å²) < 4.78 is 13.0. The summed E-state index contributed by atoms with van der Waals surface area (Å²) in [6.45, 7) is 4.62. The monoisotopic (exact) mass is 265 g/mol. The van der Waals surface area contributed by atoms with Gasteiger partial charge in [-0.1, -0.05) is 0 Å². The molecule has 1 aromatic rings. The first-order chi connectivity index (χ1) is 9.40. The summed E-state index contributed by atoms with van der Waals surface area (Å²) in [4.78, 5) is 0. The molecule has 0 saturated carbocycles. The Labute approximate surface area is 114 Å². The average Bonchev–Trinajstić information content (AvgIpc) is 3.10. The van der Waals surface area contributed by atoms with Crippen LogP contribution < -0.4 is 5.32 Å². The molecule has 1 N–H and O–H groups in total. The standard InChI is InChI=1S/C14H23N3O2/c1-2-14(19-5-1)11-17-10-13(9-16-17)15-8-12-3-6-18-7-4-12/h9-10,12,14-15H,1-8,11H2. The van der Waals surface area contributed by atoms with E-state index in [2.05, 4.69) is 16.6 Å². The maximum Gasteiger partial charge on any atom is 0.0771 e. The van der Waals surface area contributed by atoms with Gasteiger partial charge in [0.05, 0.1) is 24.5 Å². The molecule has 0 spiro atoms. The third kappa shape index (κ3) is 3.70. The molecule has 19 heavy (non-hydrogen) atoms. The average molecular weight is 265 g/mol. The molecule has 3 heterocycles. The van der Waals surface area contributed by atoms with Gasteiger partial charge in [-0.05, 0) is 31.6 Å². The van der Waals surface area contributed by atoms with Gasteiger partial charge in [0.25, 0.3) is 0 Å². The van der Waals surface area contributed by atoms with Crippen LogP contribution in [0.25, 0.3) is 0 Å². The first-order valence-corrected chi connectivity index (χ1v) is 7.36. The molecule has 5 nitrogen and oxygen atoms in total. The third-order valence-electron chi connectivity index (χ3n) is 3.98. The summed E-state index contributed by atoms with van der Waals surface area (Å²) in [6.07, 6.45) is 9.01. The van der Waals surface area contributed by atoms with Gasteiger partial charge in [0.1, 0.15) is 0 Å². The van der Waals surface area contributed by atoms with Crippen LogP contribution in [0.4, 0.5) is 5.69 Å². The molecule has 106 valence electrons. The number of ether oxygens (including phenoxy) is 2. The molecular weight excluding hydrogens is 242 g/mol. The molecule has 1 unspecified atom stereocenters. The smallest absolute Gasteiger partial charge is 0.0771 e. The molecule has 0 radical (unpaired) electrons. The molecule has 0 aromatic carbocycles. The van der Waals surface area contributed by atoms with Crippen LogP contribution in [0.1, 0.15) is 25.7 Å². The summed E-state index contributed by atoms with van der Waals surface area (Å²) >= 11 is 0. The van der Waals surface area contributed by atoms with Crippen molar-refractivity contribution in [2.45, 2.75) is 38.3 Å². The maximum atomic E-state index is 5.63. The second-order valence-corrected chi connectivity index (χ2v) is 5.52. The number of hydrogen-bond acceptors (Lipinski definition) is 4. The number of rotatable bonds is 5. The van der Waals surface area contributed by atoms with Gasteiger partial charge in [0.2, 0.25) is 0 Å². The lowest BCUT2D eigenvalue weighted by atomic mass is 10.0. The summed E-state index contributed by atoms with van der Waals surface area (Å²) in [7, 11) is 0. The van der Waals surface area contributed by atoms with Crippen molar-refractivity contribution in [3.63, 3.8) is 0 Å². The van der Waals surface area contributed by atoms with Gasteiger partial charge in [-0.2, -0.15) is 5.10 Å². The van der Waals surface area contributed by atoms with Crippen LogP contribution in [0.3, 0.4) is 0 Å². The maximum absolute atomic E-state index is 5.63. The van der Waals surface area contributed by atoms with Crippen molar-refractivity contribution in [2.24, 2.45) is 5.92 Å². The fourth-order valence-corrected chi connectivity index (χ4v) is 2.76. The van der Waals surface area contributed by atoms with E-state index in [1.165, 1.54) is 6.42 Å².